The lowest BCUT2D eigenvalue weighted by atomic mass is 10.1. The summed E-state index contributed by atoms with van der Waals surface area (Å²) in [6.07, 6.45) is 0. The van der Waals surface area contributed by atoms with Crippen molar-refractivity contribution in [3.63, 3.8) is 0 Å². The molecule has 0 spiro atoms. The Balaban J connectivity index is 2.22. The van der Waals surface area contributed by atoms with Crippen LogP contribution in [0.2, 0.25) is 5.02 Å². The van der Waals surface area contributed by atoms with Crippen LogP contribution in [-0.2, 0) is 6.61 Å². The molecule has 2 aromatic carbocycles. The van der Waals surface area contributed by atoms with E-state index < -0.39 is 0 Å². The van der Waals surface area contributed by atoms with E-state index in [-0.39, 0.29) is 5.91 Å². The molecule has 0 aliphatic carbocycles. The van der Waals surface area contributed by atoms with Crippen LogP contribution in [0.4, 0.5) is 5.69 Å². The quantitative estimate of drug-likeness (QED) is 0.883. The number of hydrogen-bond donors (Lipinski definition) is 1. The molecular formula is C16H17ClN2O2. The summed E-state index contributed by atoms with van der Waals surface area (Å²) in [7, 11) is 3.39. The molecule has 21 heavy (non-hydrogen) atoms. The normalized spacial score (nSPS) is 10.2. The van der Waals surface area contributed by atoms with E-state index in [1.807, 2.05) is 18.2 Å². The molecule has 110 valence electrons. The highest BCUT2D eigenvalue weighted by molar-refractivity contribution is 6.30. The molecule has 2 rings (SSSR count). The fraction of sp³-hybridized carbons (Fsp3) is 0.188. The van der Waals surface area contributed by atoms with Gasteiger partial charge in [0.1, 0.15) is 12.4 Å². The zero-order valence-electron chi connectivity index (χ0n) is 12.0. The number of amides is 1. The average molecular weight is 305 g/mol. The third-order valence-corrected chi connectivity index (χ3v) is 3.16. The molecule has 2 aromatic rings. The van der Waals surface area contributed by atoms with Crippen LogP contribution in [0.5, 0.6) is 5.75 Å². The van der Waals surface area contributed by atoms with Gasteiger partial charge in [0.25, 0.3) is 5.91 Å². The maximum atomic E-state index is 12.1. The number of ether oxygens (including phenoxy) is 1. The van der Waals surface area contributed by atoms with E-state index in [1.54, 1.807) is 38.4 Å². The van der Waals surface area contributed by atoms with E-state index in [2.05, 4.69) is 0 Å². The van der Waals surface area contributed by atoms with Crippen molar-refractivity contribution < 1.29 is 9.53 Å². The van der Waals surface area contributed by atoms with Crippen molar-refractivity contribution in [2.45, 2.75) is 6.61 Å². The maximum Gasteiger partial charge on any atom is 0.257 e. The Bertz CT molecular complexity index is 656. The van der Waals surface area contributed by atoms with Crippen LogP contribution in [0.25, 0.3) is 0 Å². The molecule has 0 saturated carbocycles. The average Bonchev–Trinajstić information content (AvgIpc) is 2.44. The predicted molar refractivity (Wildman–Crippen MR) is 84.7 cm³/mol. The van der Waals surface area contributed by atoms with E-state index >= 15 is 0 Å². The zero-order chi connectivity index (χ0) is 15.4. The van der Waals surface area contributed by atoms with Crippen LogP contribution in [-0.4, -0.2) is 24.9 Å². The number of carbonyl (C=O) groups is 1. The number of hydrogen-bond acceptors (Lipinski definition) is 3. The molecule has 0 radical (unpaired) electrons. The molecule has 4 nitrogen and oxygen atoms in total. The first-order chi connectivity index (χ1) is 9.97. The minimum Gasteiger partial charge on any atom is -0.488 e. The first-order valence-corrected chi connectivity index (χ1v) is 6.83. The second kappa shape index (κ2) is 6.50. The van der Waals surface area contributed by atoms with Gasteiger partial charge in [-0.2, -0.15) is 0 Å². The van der Waals surface area contributed by atoms with Crippen LogP contribution in [0, 0.1) is 0 Å². The molecule has 0 bridgehead atoms. The Hall–Kier alpha value is -2.20. The van der Waals surface area contributed by atoms with E-state index in [0.29, 0.717) is 28.6 Å². The topological polar surface area (TPSA) is 55.6 Å². The number of nitrogen functional groups attached to an aromatic ring is 1. The number of anilines is 1. The monoisotopic (exact) mass is 304 g/mol. The molecule has 5 heteroatoms. The number of carbonyl (C=O) groups excluding carboxylic acids is 1. The van der Waals surface area contributed by atoms with Crippen LogP contribution in [0.3, 0.4) is 0 Å². The van der Waals surface area contributed by atoms with Crippen molar-refractivity contribution in [1.29, 1.82) is 0 Å². The van der Waals surface area contributed by atoms with Crippen molar-refractivity contribution >= 4 is 23.2 Å². The van der Waals surface area contributed by atoms with Crippen molar-refractivity contribution in [3.8, 4) is 5.75 Å². The molecule has 0 fully saturated rings. The smallest absolute Gasteiger partial charge is 0.257 e. The highest BCUT2D eigenvalue weighted by Crippen LogP contribution is 2.24. The van der Waals surface area contributed by atoms with Gasteiger partial charge in [-0.3, -0.25) is 4.79 Å². The predicted octanol–water partition coefficient (Wildman–Crippen LogP) is 3.20. The van der Waals surface area contributed by atoms with Gasteiger partial charge in [0.2, 0.25) is 0 Å². The van der Waals surface area contributed by atoms with Crippen LogP contribution < -0.4 is 10.5 Å². The number of nitrogens with zero attached hydrogens (tertiary/aromatic N) is 1. The number of halogens is 1. The lowest BCUT2D eigenvalue weighted by Gasteiger charge is -2.15. The highest BCUT2D eigenvalue weighted by Gasteiger charge is 2.15. The van der Waals surface area contributed by atoms with Gasteiger partial charge in [-0.1, -0.05) is 23.7 Å². The van der Waals surface area contributed by atoms with E-state index in [0.717, 1.165) is 5.56 Å². The van der Waals surface area contributed by atoms with E-state index in [1.165, 1.54) is 4.90 Å². The standard InChI is InChI=1S/C16H17ClN2O2/c1-19(2)16(20)14-7-6-13(18)9-15(14)21-10-11-4-3-5-12(17)8-11/h3-9H,10,18H2,1-2H3. The van der Waals surface area contributed by atoms with Crippen LogP contribution in [0.1, 0.15) is 15.9 Å². The maximum absolute atomic E-state index is 12.1. The summed E-state index contributed by atoms with van der Waals surface area (Å²) in [5, 5.41) is 0.647. The Morgan fingerprint density at radius 1 is 1.24 bits per heavy atom. The van der Waals surface area contributed by atoms with Gasteiger partial charge in [0, 0.05) is 30.9 Å². The first kappa shape index (κ1) is 15.2. The van der Waals surface area contributed by atoms with Crippen molar-refractivity contribution in [2.24, 2.45) is 0 Å². The van der Waals surface area contributed by atoms with Crippen molar-refractivity contribution in [1.82, 2.24) is 4.90 Å². The van der Waals surface area contributed by atoms with Gasteiger partial charge in [0.05, 0.1) is 5.56 Å². The summed E-state index contributed by atoms with van der Waals surface area (Å²) in [5.74, 6) is 0.338. The summed E-state index contributed by atoms with van der Waals surface area (Å²) >= 11 is 5.94. The highest BCUT2D eigenvalue weighted by atomic mass is 35.5. The Morgan fingerprint density at radius 3 is 2.67 bits per heavy atom. The molecule has 0 saturated heterocycles. The summed E-state index contributed by atoms with van der Waals surface area (Å²) in [5.41, 5.74) is 7.73. The largest absolute Gasteiger partial charge is 0.488 e. The molecule has 0 unspecified atom stereocenters. The molecule has 0 heterocycles. The second-order valence-electron chi connectivity index (χ2n) is 4.87. The van der Waals surface area contributed by atoms with Crippen molar-refractivity contribution in [2.75, 3.05) is 19.8 Å². The molecule has 0 aromatic heterocycles. The SMILES string of the molecule is CN(C)C(=O)c1ccc(N)cc1OCc1cccc(Cl)c1. The fourth-order valence-corrected chi connectivity index (χ4v) is 2.08. The Kier molecular flexibility index (Phi) is 4.70. The minimum atomic E-state index is -0.129. The zero-order valence-corrected chi connectivity index (χ0v) is 12.7. The van der Waals surface area contributed by atoms with Gasteiger partial charge in [-0.15, -0.1) is 0 Å². The third-order valence-electron chi connectivity index (χ3n) is 2.93. The number of nitrogens with two attached hydrogens (primary N) is 1. The number of benzene rings is 2. The number of rotatable bonds is 4. The van der Waals surface area contributed by atoms with Gasteiger partial charge >= 0.3 is 0 Å². The Morgan fingerprint density at radius 2 is 2.00 bits per heavy atom. The molecule has 0 aliphatic rings. The fourth-order valence-electron chi connectivity index (χ4n) is 1.86. The summed E-state index contributed by atoms with van der Waals surface area (Å²) in [4.78, 5) is 13.6. The lowest BCUT2D eigenvalue weighted by molar-refractivity contribution is 0.0823. The molecule has 0 atom stereocenters. The molecule has 1 amide bonds. The van der Waals surface area contributed by atoms with Crippen LogP contribution >= 0.6 is 11.6 Å². The first-order valence-electron chi connectivity index (χ1n) is 6.46. The van der Waals surface area contributed by atoms with Crippen LogP contribution in [0.15, 0.2) is 42.5 Å². The summed E-state index contributed by atoms with van der Waals surface area (Å²) < 4.78 is 5.74. The van der Waals surface area contributed by atoms with Gasteiger partial charge in [-0.05, 0) is 29.8 Å². The minimum absolute atomic E-state index is 0.129. The Labute approximate surface area is 129 Å². The van der Waals surface area contributed by atoms with Gasteiger partial charge < -0.3 is 15.4 Å². The van der Waals surface area contributed by atoms with Crippen molar-refractivity contribution in [3.05, 3.63) is 58.6 Å². The lowest BCUT2D eigenvalue weighted by Crippen LogP contribution is -2.22. The molecular weight excluding hydrogens is 288 g/mol. The van der Waals surface area contributed by atoms with E-state index in [4.69, 9.17) is 22.1 Å². The summed E-state index contributed by atoms with van der Waals surface area (Å²) in [6.45, 7) is 0.317. The molecule has 0 aliphatic heterocycles. The molecule has 2 N–H and O–H groups in total. The van der Waals surface area contributed by atoms with Gasteiger partial charge in [-0.25, -0.2) is 0 Å². The van der Waals surface area contributed by atoms with E-state index in [9.17, 15) is 4.79 Å². The summed E-state index contributed by atoms with van der Waals surface area (Å²) in [6, 6.07) is 12.4. The third kappa shape index (κ3) is 3.89. The van der Waals surface area contributed by atoms with Gasteiger partial charge in [0.15, 0.2) is 0 Å². The second-order valence-corrected chi connectivity index (χ2v) is 5.31.